The lowest BCUT2D eigenvalue weighted by atomic mass is 10.00. The Kier molecular flexibility index (Phi) is 3.14. The Labute approximate surface area is 112 Å². The molecule has 0 saturated carbocycles. The molecule has 0 aliphatic carbocycles. The first kappa shape index (κ1) is 12.4. The monoisotopic (exact) mass is 261 g/mol. The van der Waals surface area contributed by atoms with Crippen LogP contribution >= 0.6 is 0 Å². The lowest BCUT2D eigenvalue weighted by molar-refractivity contribution is -0.131. The van der Waals surface area contributed by atoms with Gasteiger partial charge in [-0.3, -0.25) is 9.48 Å². The molecule has 5 heteroatoms. The third kappa shape index (κ3) is 2.30. The van der Waals surface area contributed by atoms with Crippen LogP contribution in [0, 0.1) is 0 Å². The molecule has 5 nitrogen and oxygen atoms in total. The fourth-order valence-corrected chi connectivity index (χ4v) is 3.30. The second kappa shape index (κ2) is 4.81. The lowest BCUT2D eigenvalue weighted by Gasteiger charge is -2.36. The summed E-state index contributed by atoms with van der Waals surface area (Å²) in [6.45, 7) is 0. The molecule has 2 atom stereocenters. The molecular formula is C14H19N3O2. The van der Waals surface area contributed by atoms with E-state index in [0.717, 1.165) is 31.4 Å². The predicted molar refractivity (Wildman–Crippen MR) is 71.1 cm³/mol. The van der Waals surface area contributed by atoms with E-state index < -0.39 is 0 Å². The number of piperidine rings is 1. The number of carbonyl (C=O) groups excluding carboxylic acids is 1. The van der Waals surface area contributed by atoms with E-state index in [-0.39, 0.29) is 24.1 Å². The van der Waals surface area contributed by atoms with Gasteiger partial charge in [-0.2, -0.15) is 5.10 Å². The summed E-state index contributed by atoms with van der Waals surface area (Å²) in [5.41, 5.74) is 0.915. The van der Waals surface area contributed by atoms with Crippen LogP contribution in [0.25, 0.3) is 6.08 Å². The third-order valence-electron chi connectivity index (χ3n) is 4.22. The summed E-state index contributed by atoms with van der Waals surface area (Å²) < 4.78 is 1.73. The summed E-state index contributed by atoms with van der Waals surface area (Å²) in [6.07, 6.45) is 8.40. The molecule has 2 aliphatic heterocycles. The molecule has 0 aromatic carbocycles. The average Bonchev–Trinajstić information content (AvgIpc) is 2.89. The molecule has 19 heavy (non-hydrogen) atoms. The number of aliphatic hydroxyl groups excluding tert-OH is 1. The highest BCUT2D eigenvalue weighted by atomic mass is 16.3. The highest BCUT2D eigenvalue weighted by Gasteiger charge is 2.41. The van der Waals surface area contributed by atoms with Crippen molar-refractivity contribution in [2.24, 2.45) is 7.05 Å². The van der Waals surface area contributed by atoms with E-state index in [1.807, 2.05) is 18.0 Å². The fourth-order valence-electron chi connectivity index (χ4n) is 3.30. The molecule has 1 N–H and O–H groups in total. The summed E-state index contributed by atoms with van der Waals surface area (Å²) in [7, 11) is 1.85. The second-order valence-electron chi connectivity index (χ2n) is 5.47. The number of hydrogen-bond acceptors (Lipinski definition) is 3. The zero-order valence-corrected chi connectivity index (χ0v) is 11.1. The first-order chi connectivity index (χ1) is 9.15. The second-order valence-corrected chi connectivity index (χ2v) is 5.47. The van der Waals surface area contributed by atoms with Gasteiger partial charge in [0.2, 0.25) is 5.91 Å². The van der Waals surface area contributed by atoms with Crippen LogP contribution in [0.2, 0.25) is 0 Å². The number of nitrogens with zero attached hydrogens (tertiary/aromatic N) is 3. The molecule has 1 amide bonds. The Morgan fingerprint density at radius 2 is 2.11 bits per heavy atom. The smallest absolute Gasteiger partial charge is 0.247 e. The predicted octanol–water partition coefficient (Wildman–Crippen LogP) is 0.948. The number of aromatic nitrogens is 2. The van der Waals surface area contributed by atoms with Crippen molar-refractivity contribution >= 4 is 12.0 Å². The Morgan fingerprint density at radius 3 is 2.68 bits per heavy atom. The normalized spacial score (nSPS) is 30.2. The topological polar surface area (TPSA) is 58.4 Å². The Morgan fingerprint density at radius 1 is 1.42 bits per heavy atom. The number of aryl methyl sites for hydroxylation is 1. The van der Waals surface area contributed by atoms with E-state index in [1.165, 1.54) is 0 Å². The van der Waals surface area contributed by atoms with E-state index in [4.69, 9.17) is 0 Å². The van der Waals surface area contributed by atoms with Crippen LogP contribution in [0.1, 0.15) is 31.4 Å². The largest absolute Gasteiger partial charge is 0.393 e. The van der Waals surface area contributed by atoms with Gasteiger partial charge in [0.15, 0.2) is 0 Å². The van der Waals surface area contributed by atoms with Gasteiger partial charge in [-0.15, -0.1) is 0 Å². The molecule has 2 unspecified atom stereocenters. The van der Waals surface area contributed by atoms with Gasteiger partial charge in [0.05, 0.1) is 11.8 Å². The van der Waals surface area contributed by atoms with Crippen molar-refractivity contribution in [2.75, 3.05) is 0 Å². The molecule has 3 heterocycles. The summed E-state index contributed by atoms with van der Waals surface area (Å²) in [5.74, 6) is 0.0561. The van der Waals surface area contributed by atoms with Crippen molar-refractivity contribution < 1.29 is 9.90 Å². The maximum Gasteiger partial charge on any atom is 0.247 e. The number of fused-ring (bicyclic) bond motifs is 2. The van der Waals surface area contributed by atoms with Gasteiger partial charge >= 0.3 is 0 Å². The van der Waals surface area contributed by atoms with Gasteiger partial charge in [0, 0.05) is 31.4 Å². The zero-order valence-electron chi connectivity index (χ0n) is 11.1. The van der Waals surface area contributed by atoms with Gasteiger partial charge in [0.1, 0.15) is 0 Å². The molecule has 2 fully saturated rings. The fraction of sp³-hybridized carbons (Fsp3) is 0.571. The highest BCUT2D eigenvalue weighted by Crippen LogP contribution is 2.35. The van der Waals surface area contributed by atoms with Crippen molar-refractivity contribution in [1.82, 2.24) is 14.7 Å². The summed E-state index contributed by atoms with van der Waals surface area (Å²) in [5, 5.41) is 13.8. The molecule has 2 saturated heterocycles. The lowest BCUT2D eigenvalue weighted by Crippen LogP contribution is -2.47. The quantitative estimate of drug-likeness (QED) is 0.806. The first-order valence-corrected chi connectivity index (χ1v) is 6.81. The van der Waals surface area contributed by atoms with Crippen molar-refractivity contribution in [3.8, 4) is 0 Å². The Hall–Kier alpha value is -1.62. The number of hydrogen-bond donors (Lipinski definition) is 1. The first-order valence-electron chi connectivity index (χ1n) is 6.81. The average molecular weight is 261 g/mol. The summed E-state index contributed by atoms with van der Waals surface area (Å²) in [6, 6.07) is 2.31. The van der Waals surface area contributed by atoms with Crippen LogP contribution in [0.15, 0.2) is 18.3 Å². The molecule has 0 radical (unpaired) electrons. The van der Waals surface area contributed by atoms with Crippen molar-refractivity contribution in [2.45, 2.75) is 43.9 Å². The summed E-state index contributed by atoms with van der Waals surface area (Å²) >= 11 is 0. The van der Waals surface area contributed by atoms with Crippen molar-refractivity contribution in [3.63, 3.8) is 0 Å². The van der Waals surface area contributed by atoms with Gasteiger partial charge in [0.25, 0.3) is 0 Å². The number of carbonyl (C=O) groups is 1. The van der Waals surface area contributed by atoms with E-state index in [1.54, 1.807) is 23.0 Å². The molecule has 2 bridgehead atoms. The van der Waals surface area contributed by atoms with Gasteiger partial charge in [-0.05, 0) is 37.8 Å². The molecule has 1 aromatic heterocycles. The van der Waals surface area contributed by atoms with Crippen LogP contribution in [-0.2, 0) is 11.8 Å². The molecule has 0 spiro atoms. The number of rotatable bonds is 2. The third-order valence-corrected chi connectivity index (χ3v) is 4.22. The number of amides is 1. The van der Waals surface area contributed by atoms with Crippen LogP contribution in [0.4, 0.5) is 0 Å². The Balaban J connectivity index is 1.72. The maximum atomic E-state index is 12.3. The van der Waals surface area contributed by atoms with Gasteiger partial charge < -0.3 is 10.0 Å². The van der Waals surface area contributed by atoms with Crippen molar-refractivity contribution in [1.29, 1.82) is 0 Å². The highest BCUT2D eigenvalue weighted by molar-refractivity contribution is 5.92. The van der Waals surface area contributed by atoms with E-state index in [0.29, 0.717) is 0 Å². The maximum absolute atomic E-state index is 12.3. The SMILES string of the molecule is Cn1nccc1/C=C/C(=O)N1C2CCC1CC(O)C2. The standard InChI is InChI=1S/C14H19N3O2/c1-16-10(6-7-15-16)4-5-14(19)17-11-2-3-12(17)9-13(18)8-11/h4-7,11-13,18H,2-3,8-9H2,1H3/b5-4+. The van der Waals surface area contributed by atoms with Gasteiger partial charge in [-0.1, -0.05) is 0 Å². The molecular weight excluding hydrogens is 242 g/mol. The minimum Gasteiger partial charge on any atom is -0.393 e. The minimum absolute atomic E-state index is 0.0561. The van der Waals surface area contributed by atoms with Crippen LogP contribution < -0.4 is 0 Å². The zero-order chi connectivity index (χ0) is 13.4. The molecule has 102 valence electrons. The minimum atomic E-state index is -0.234. The summed E-state index contributed by atoms with van der Waals surface area (Å²) in [4.78, 5) is 14.3. The Bertz CT molecular complexity index is 495. The number of aliphatic hydroxyl groups is 1. The van der Waals surface area contributed by atoms with Gasteiger partial charge in [-0.25, -0.2) is 0 Å². The van der Waals surface area contributed by atoms with Crippen LogP contribution in [0.5, 0.6) is 0 Å². The van der Waals surface area contributed by atoms with E-state index >= 15 is 0 Å². The van der Waals surface area contributed by atoms with E-state index in [2.05, 4.69) is 5.10 Å². The molecule has 1 aromatic rings. The molecule has 2 aliphatic rings. The van der Waals surface area contributed by atoms with E-state index in [9.17, 15) is 9.90 Å². The van der Waals surface area contributed by atoms with Crippen LogP contribution in [-0.4, -0.2) is 43.9 Å². The van der Waals surface area contributed by atoms with Crippen LogP contribution in [0.3, 0.4) is 0 Å². The molecule has 3 rings (SSSR count). The van der Waals surface area contributed by atoms with Crippen molar-refractivity contribution in [3.05, 3.63) is 24.0 Å².